The second-order valence-electron chi connectivity index (χ2n) is 4.82. The molecule has 0 atom stereocenters. The molecule has 0 aliphatic heterocycles. The molecule has 0 saturated carbocycles. The minimum Gasteiger partial charge on any atom is -0.399 e. The molecule has 0 radical (unpaired) electrons. The van der Waals surface area contributed by atoms with Crippen LogP contribution in [-0.4, -0.2) is 17.9 Å². The highest BCUT2D eigenvalue weighted by molar-refractivity contribution is 9.10. The van der Waals surface area contributed by atoms with Crippen molar-refractivity contribution in [3.05, 3.63) is 70.2 Å². The van der Waals surface area contributed by atoms with Gasteiger partial charge in [-0.3, -0.25) is 4.79 Å². The van der Waals surface area contributed by atoms with Gasteiger partial charge in [-0.1, -0.05) is 40.2 Å². The third-order valence-corrected chi connectivity index (χ3v) is 3.59. The van der Waals surface area contributed by atoms with Crippen molar-refractivity contribution >= 4 is 33.6 Å². The lowest BCUT2D eigenvalue weighted by Gasteiger charge is -2.15. The predicted molar refractivity (Wildman–Crippen MR) is 90.5 cm³/mol. The fourth-order valence-electron chi connectivity index (χ4n) is 1.84. The lowest BCUT2D eigenvalue weighted by Crippen LogP contribution is -2.24. The molecule has 2 rings (SSSR count). The van der Waals surface area contributed by atoms with Crippen LogP contribution in [0.25, 0.3) is 6.08 Å². The molecular weight excluding hydrogens is 328 g/mol. The monoisotopic (exact) mass is 344 g/mol. The number of likely N-dealkylation sites (N-methyl/N-ethyl adjacent to an activating group) is 1. The molecular formula is C17H17BrN2O. The van der Waals surface area contributed by atoms with Crippen LogP contribution in [0.3, 0.4) is 0 Å². The molecule has 0 aliphatic carbocycles. The number of carbonyl (C=O) groups excluding carboxylic acids is 1. The Bertz CT molecular complexity index is 633. The Labute approximate surface area is 133 Å². The Morgan fingerprint density at radius 2 is 1.76 bits per heavy atom. The van der Waals surface area contributed by atoms with Crippen LogP contribution in [0.15, 0.2) is 59.1 Å². The third kappa shape index (κ3) is 4.76. The Morgan fingerprint density at radius 3 is 2.38 bits per heavy atom. The van der Waals surface area contributed by atoms with E-state index in [1.165, 1.54) is 0 Å². The highest BCUT2D eigenvalue weighted by atomic mass is 79.9. The van der Waals surface area contributed by atoms with Crippen LogP contribution >= 0.6 is 15.9 Å². The molecule has 1 amide bonds. The second-order valence-corrected chi connectivity index (χ2v) is 5.74. The maximum absolute atomic E-state index is 12.1. The van der Waals surface area contributed by atoms with Gasteiger partial charge in [0, 0.05) is 29.8 Å². The normalized spacial score (nSPS) is 10.8. The van der Waals surface area contributed by atoms with E-state index in [1.54, 1.807) is 24.1 Å². The number of nitrogen functional groups attached to an aromatic ring is 1. The van der Waals surface area contributed by atoms with E-state index in [9.17, 15) is 4.79 Å². The topological polar surface area (TPSA) is 46.3 Å². The van der Waals surface area contributed by atoms with Crippen LogP contribution < -0.4 is 5.73 Å². The van der Waals surface area contributed by atoms with Gasteiger partial charge in [-0.15, -0.1) is 0 Å². The van der Waals surface area contributed by atoms with Crippen LogP contribution in [0.5, 0.6) is 0 Å². The van der Waals surface area contributed by atoms with Gasteiger partial charge in [-0.25, -0.2) is 0 Å². The zero-order chi connectivity index (χ0) is 15.2. The van der Waals surface area contributed by atoms with Crippen LogP contribution in [0.4, 0.5) is 5.69 Å². The van der Waals surface area contributed by atoms with E-state index in [0.29, 0.717) is 12.2 Å². The number of nitrogens with zero attached hydrogens (tertiary/aromatic N) is 1. The lowest BCUT2D eigenvalue weighted by molar-refractivity contribution is -0.125. The standard InChI is InChI=1S/C17H17BrN2O/c1-20(12-14-2-7-15(18)8-3-14)17(21)11-6-13-4-9-16(19)10-5-13/h2-11H,12,19H2,1H3/b11-6+. The van der Waals surface area contributed by atoms with E-state index in [4.69, 9.17) is 5.73 Å². The number of carbonyl (C=O) groups is 1. The van der Waals surface area contributed by atoms with Gasteiger partial charge in [0.15, 0.2) is 0 Å². The Morgan fingerprint density at radius 1 is 1.14 bits per heavy atom. The number of hydrogen-bond donors (Lipinski definition) is 1. The van der Waals surface area contributed by atoms with E-state index in [0.717, 1.165) is 15.6 Å². The summed E-state index contributed by atoms with van der Waals surface area (Å²) in [6.07, 6.45) is 3.37. The van der Waals surface area contributed by atoms with Gasteiger partial charge in [0.25, 0.3) is 0 Å². The van der Waals surface area contributed by atoms with Crippen molar-refractivity contribution in [1.29, 1.82) is 0 Å². The summed E-state index contributed by atoms with van der Waals surface area (Å²) < 4.78 is 1.03. The number of halogens is 1. The minimum absolute atomic E-state index is 0.0326. The Hall–Kier alpha value is -2.07. The van der Waals surface area contributed by atoms with Gasteiger partial charge in [-0.05, 0) is 41.5 Å². The highest BCUT2D eigenvalue weighted by Crippen LogP contribution is 2.12. The maximum atomic E-state index is 12.1. The van der Waals surface area contributed by atoms with Gasteiger partial charge in [0.2, 0.25) is 5.91 Å². The van der Waals surface area contributed by atoms with Crippen LogP contribution in [0.2, 0.25) is 0 Å². The molecule has 0 saturated heterocycles. The summed E-state index contributed by atoms with van der Waals surface area (Å²) in [6.45, 7) is 0.582. The van der Waals surface area contributed by atoms with Gasteiger partial charge < -0.3 is 10.6 Å². The molecule has 108 valence electrons. The predicted octanol–water partition coefficient (Wildman–Crippen LogP) is 3.70. The van der Waals surface area contributed by atoms with Gasteiger partial charge in [0.1, 0.15) is 0 Å². The summed E-state index contributed by atoms with van der Waals surface area (Å²) in [6, 6.07) is 15.3. The van der Waals surface area contributed by atoms with Gasteiger partial charge in [0.05, 0.1) is 0 Å². The number of rotatable bonds is 4. The van der Waals surface area contributed by atoms with E-state index in [-0.39, 0.29) is 5.91 Å². The van der Waals surface area contributed by atoms with Crippen molar-refractivity contribution in [3.63, 3.8) is 0 Å². The minimum atomic E-state index is -0.0326. The molecule has 0 heterocycles. The van der Waals surface area contributed by atoms with E-state index in [2.05, 4.69) is 15.9 Å². The van der Waals surface area contributed by atoms with Crippen molar-refractivity contribution in [2.75, 3.05) is 12.8 Å². The maximum Gasteiger partial charge on any atom is 0.246 e. The number of hydrogen-bond acceptors (Lipinski definition) is 2. The summed E-state index contributed by atoms with van der Waals surface area (Å²) in [7, 11) is 1.79. The van der Waals surface area contributed by atoms with Crippen LogP contribution in [0.1, 0.15) is 11.1 Å². The zero-order valence-corrected chi connectivity index (χ0v) is 13.4. The average Bonchev–Trinajstić information content (AvgIpc) is 2.48. The molecule has 2 aromatic carbocycles. The van der Waals surface area contributed by atoms with Crippen molar-refractivity contribution < 1.29 is 4.79 Å². The van der Waals surface area contributed by atoms with E-state index >= 15 is 0 Å². The number of benzene rings is 2. The molecule has 21 heavy (non-hydrogen) atoms. The zero-order valence-electron chi connectivity index (χ0n) is 11.8. The third-order valence-electron chi connectivity index (χ3n) is 3.06. The molecule has 0 aromatic heterocycles. The number of nitrogens with two attached hydrogens (primary N) is 1. The summed E-state index contributed by atoms with van der Waals surface area (Å²) in [5, 5.41) is 0. The first-order valence-corrected chi connectivity index (χ1v) is 7.37. The van der Waals surface area contributed by atoms with Crippen molar-refractivity contribution in [3.8, 4) is 0 Å². The number of anilines is 1. The summed E-state index contributed by atoms with van der Waals surface area (Å²) in [5.41, 5.74) is 8.38. The summed E-state index contributed by atoms with van der Waals surface area (Å²) >= 11 is 3.40. The van der Waals surface area contributed by atoms with Crippen LogP contribution in [-0.2, 0) is 11.3 Å². The fourth-order valence-corrected chi connectivity index (χ4v) is 2.11. The molecule has 3 nitrogen and oxygen atoms in total. The molecule has 0 fully saturated rings. The lowest BCUT2D eigenvalue weighted by atomic mass is 10.2. The molecule has 2 N–H and O–H groups in total. The fraction of sp³-hybridized carbons (Fsp3) is 0.118. The Kier molecular flexibility index (Phi) is 5.17. The molecule has 0 bridgehead atoms. The highest BCUT2D eigenvalue weighted by Gasteiger charge is 2.05. The van der Waals surface area contributed by atoms with E-state index < -0.39 is 0 Å². The molecule has 4 heteroatoms. The average molecular weight is 345 g/mol. The first-order valence-electron chi connectivity index (χ1n) is 6.58. The summed E-state index contributed by atoms with van der Waals surface area (Å²) in [4.78, 5) is 13.7. The van der Waals surface area contributed by atoms with Gasteiger partial charge in [-0.2, -0.15) is 0 Å². The Balaban J connectivity index is 1.96. The summed E-state index contributed by atoms with van der Waals surface area (Å²) in [5.74, 6) is -0.0326. The molecule has 0 spiro atoms. The first-order chi connectivity index (χ1) is 10.0. The van der Waals surface area contributed by atoms with E-state index in [1.807, 2.05) is 48.5 Å². The second kappa shape index (κ2) is 7.09. The largest absolute Gasteiger partial charge is 0.399 e. The van der Waals surface area contributed by atoms with Crippen LogP contribution in [0, 0.1) is 0 Å². The van der Waals surface area contributed by atoms with Crippen molar-refractivity contribution in [2.24, 2.45) is 0 Å². The quantitative estimate of drug-likeness (QED) is 0.678. The van der Waals surface area contributed by atoms with Crippen molar-refractivity contribution in [1.82, 2.24) is 4.90 Å². The number of amides is 1. The smallest absolute Gasteiger partial charge is 0.246 e. The molecule has 0 aliphatic rings. The van der Waals surface area contributed by atoms with Crippen molar-refractivity contribution in [2.45, 2.75) is 6.54 Å². The SMILES string of the molecule is CN(Cc1ccc(Br)cc1)C(=O)/C=C/c1ccc(N)cc1. The molecule has 0 unspecified atom stereocenters. The first kappa shape index (κ1) is 15.3. The molecule has 2 aromatic rings. The van der Waals surface area contributed by atoms with Gasteiger partial charge >= 0.3 is 0 Å².